The van der Waals surface area contributed by atoms with E-state index < -0.39 is 11.5 Å². The highest BCUT2D eigenvalue weighted by atomic mass is 19.1. The first kappa shape index (κ1) is 15.6. The van der Waals surface area contributed by atoms with Crippen LogP contribution in [-0.2, 0) is 5.60 Å². The largest absolute Gasteiger partial charge is 0.385 e. The quantitative estimate of drug-likeness (QED) is 0.861. The molecule has 1 fully saturated rings. The van der Waals surface area contributed by atoms with Gasteiger partial charge in [-0.1, -0.05) is 6.07 Å². The second kappa shape index (κ2) is 6.04. The van der Waals surface area contributed by atoms with E-state index in [4.69, 9.17) is 0 Å². The molecule has 0 bridgehead atoms. The molecular formula is C17H18FN3O2. The summed E-state index contributed by atoms with van der Waals surface area (Å²) in [6.45, 7) is 2.51. The van der Waals surface area contributed by atoms with Crippen LogP contribution < -0.4 is 0 Å². The van der Waals surface area contributed by atoms with E-state index in [1.165, 1.54) is 6.20 Å². The number of halogens is 1. The normalized spacial score (nSPS) is 17.1. The van der Waals surface area contributed by atoms with Crippen molar-refractivity contribution in [2.24, 2.45) is 0 Å². The summed E-state index contributed by atoms with van der Waals surface area (Å²) >= 11 is 0. The van der Waals surface area contributed by atoms with Gasteiger partial charge in [0.25, 0.3) is 5.91 Å². The summed E-state index contributed by atoms with van der Waals surface area (Å²) in [6, 6.07) is 6.62. The van der Waals surface area contributed by atoms with Gasteiger partial charge in [-0.05, 0) is 38.0 Å². The minimum atomic E-state index is -1.28. The summed E-state index contributed by atoms with van der Waals surface area (Å²) in [6.07, 6.45) is 3.56. The van der Waals surface area contributed by atoms with Crippen LogP contribution in [0.3, 0.4) is 0 Å². The zero-order chi connectivity index (χ0) is 16.4. The van der Waals surface area contributed by atoms with Gasteiger partial charge >= 0.3 is 0 Å². The molecule has 23 heavy (non-hydrogen) atoms. The lowest BCUT2D eigenvalue weighted by molar-refractivity contribution is -0.0241. The third kappa shape index (κ3) is 2.94. The number of likely N-dealkylation sites (tertiary alicyclic amines) is 1. The molecule has 0 saturated carbocycles. The van der Waals surface area contributed by atoms with Gasteiger partial charge in [0.1, 0.15) is 0 Å². The SMILES string of the molecule is Cc1ncccc1C(=O)N1CCC(O)(c2cccnc2F)CC1. The van der Waals surface area contributed by atoms with Crippen molar-refractivity contribution >= 4 is 5.91 Å². The lowest BCUT2D eigenvalue weighted by Gasteiger charge is -2.38. The maximum absolute atomic E-state index is 13.8. The molecule has 6 heteroatoms. The topological polar surface area (TPSA) is 66.3 Å². The van der Waals surface area contributed by atoms with Gasteiger partial charge < -0.3 is 10.0 Å². The summed E-state index contributed by atoms with van der Waals surface area (Å²) in [5.41, 5.74) is 0.158. The number of pyridine rings is 2. The average Bonchev–Trinajstić information content (AvgIpc) is 2.56. The van der Waals surface area contributed by atoms with E-state index in [9.17, 15) is 14.3 Å². The third-order valence-corrected chi connectivity index (χ3v) is 4.38. The first-order valence-electron chi connectivity index (χ1n) is 7.55. The number of nitrogens with zero attached hydrogens (tertiary/aromatic N) is 3. The van der Waals surface area contributed by atoms with Crippen molar-refractivity contribution in [3.63, 3.8) is 0 Å². The highest BCUT2D eigenvalue weighted by Gasteiger charge is 2.38. The Bertz CT molecular complexity index is 727. The molecule has 0 unspecified atom stereocenters. The second-order valence-electron chi connectivity index (χ2n) is 5.80. The fourth-order valence-corrected chi connectivity index (χ4v) is 2.96. The van der Waals surface area contributed by atoms with E-state index in [0.717, 1.165) is 0 Å². The van der Waals surface area contributed by atoms with Gasteiger partial charge in [-0.2, -0.15) is 4.39 Å². The molecule has 5 nitrogen and oxygen atoms in total. The lowest BCUT2D eigenvalue weighted by atomic mass is 9.85. The molecule has 2 aromatic rings. The predicted molar refractivity (Wildman–Crippen MR) is 82.2 cm³/mol. The first-order valence-corrected chi connectivity index (χ1v) is 7.55. The van der Waals surface area contributed by atoms with Crippen molar-refractivity contribution in [1.29, 1.82) is 0 Å². The van der Waals surface area contributed by atoms with Crippen molar-refractivity contribution in [2.75, 3.05) is 13.1 Å². The van der Waals surface area contributed by atoms with Crippen LogP contribution in [0.15, 0.2) is 36.7 Å². The van der Waals surface area contributed by atoms with Crippen LogP contribution >= 0.6 is 0 Å². The van der Waals surface area contributed by atoms with Crippen LogP contribution in [0.5, 0.6) is 0 Å². The maximum Gasteiger partial charge on any atom is 0.255 e. The molecule has 1 amide bonds. The molecule has 1 N–H and O–H groups in total. The Labute approximate surface area is 133 Å². The number of piperidine rings is 1. The number of hydrogen-bond donors (Lipinski definition) is 1. The molecule has 1 aliphatic rings. The van der Waals surface area contributed by atoms with Crippen molar-refractivity contribution in [2.45, 2.75) is 25.4 Å². The van der Waals surface area contributed by atoms with Gasteiger partial charge in [0, 0.05) is 36.7 Å². The summed E-state index contributed by atoms with van der Waals surface area (Å²) in [4.78, 5) is 22.0. The number of aromatic nitrogens is 2. The van der Waals surface area contributed by atoms with Gasteiger partial charge in [-0.25, -0.2) is 4.98 Å². The van der Waals surface area contributed by atoms with Crippen LogP contribution in [0, 0.1) is 12.9 Å². The van der Waals surface area contributed by atoms with Crippen molar-refractivity contribution in [3.05, 3.63) is 59.4 Å². The standard InChI is InChI=1S/C17H18FN3O2/c1-12-13(4-2-8-19-12)16(22)21-10-6-17(23,7-11-21)14-5-3-9-20-15(14)18/h2-5,8-9,23H,6-7,10-11H2,1H3. The predicted octanol–water partition coefficient (Wildman–Crippen LogP) is 2.05. The molecule has 1 saturated heterocycles. The number of carbonyl (C=O) groups is 1. The molecule has 0 atom stereocenters. The maximum atomic E-state index is 13.8. The first-order chi connectivity index (χ1) is 11.0. The molecule has 3 rings (SSSR count). The molecule has 3 heterocycles. The molecule has 0 spiro atoms. The van der Waals surface area contributed by atoms with E-state index in [1.807, 2.05) is 0 Å². The van der Waals surface area contributed by atoms with E-state index in [1.54, 1.807) is 42.3 Å². The van der Waals surface area contributed by atoms with Gasteiger partial charge in [0.05, 0.1) is 11.2 Å². The number of aryl methyl sites for hydroxylation is 1. The van der Waals surface area contributed by atoms with Crippen LogP contribution in [-0.4, -0.2) is 39.0 Å². The molecule has 0 radical (unpaired) electrons. The highest BCUT2D eigenvalue weighted by molar-refractivity contribution is 5.95. The fourth-order valence-electron chi connectivity index (χ4n) is 2.96. The summed E-state index contributed by atoms with van der Waals surface area (Å²) in [5.74, 6) is -0.762. The second-order valence-corrected chi connectivity index (χ2v) is 5.80. The number of hydrogen-bond acceptors (Lipinski definition) is 4. The third-order valence-electron chi connectivity index (χ3n) is 4.38. The minimum absolute atomic E-state index is 0.107. The van der Waals surface area contributed by atoms with Crippen LogP contribution in [0.4, 0.5) is 4.39 Å². The van der Waals surface area contributed by atoms with Crippen LogP contribution in [0.1, 0.15) is 34.5 Å². The van der Waals surface area contributed by atoms with Crippen molar-refractivity contribution in [3.8, 4) is 0 Å². The van der Waals surface area contributed by atoms with E-state index in [2.05, 4.69) is 9.97 Å². The zero-order valence-electron chi connectivity index (χ0n) is 12.9. The van der Waals surface area contributed by atoms with Crippen LogP contribution in [0.2, 0.25) is 0 Å². The number of carbonyl (C=O) groups excluding carboxylic acids is 1. The average molecular weight is 315 g/mol. The number of rotatable bonds is 2. The molecule has 1 aliphatic heterocycles. The van der Waals surface area contributed by atoms with E-state index in [0.29, 0.717) is 24.3 Å². The molecule has 0 aliphatic carbocycles. The van der Waals surface area contributed by atoms with E-state index >= 15 is 0 Å². The Morgan fingerprint density at radius 2 is 1.87 bits per heavy atom. The Kier molecular flexibility index (Phi) is 4.09. The van der Waals surface area contributed by atoms with E-state index in [-0.39, 0.29) is 24.3 Å². The van der Waals surface area contributed by atoms with Crippen LogP contribution in [0.25, 0.3) is 0 Å². The number of aliphatic hydroxyl groups is 1. The van der Waals surface area contributed by atoms with Crippen molar-refractivity contribution < 1.29 is 14.3 Å². The van der Waals surface area contributed by atoms with Crippen molar-refractivity contribution in [1.82, 2.24) is 14.9 Å². The van der Waals surface area contributed by atoms with Gasteiger partial charge in [-0.15, -0.1) is 0 Å². The fraction of sp³-hybridized carbons (Fsp3) is 0.353. The monoisotopic (exact) mass is 315 g/mol. The Balaban J connectivity index is 1.75. The summed E-state index contributed by atoms with van der Waals surface area (Å²) in [7, 11) is 0. The minimum Gasteiger partial charge on any atom is -0.385 e. The Hall–Kier alpha value is -2.34. The smallest absolute Gasteiger partial charge is 0.255 e. The number of amides is 1. The highest BCUT2D eigenvalue weighted by Crippen LogP contribution is 2.34. The summed E-state index contributed by atoms with van der Waals surface area (Å²) in [5, 5.41) is 10.7. The molecule has 0 aromatic carbocycles. The molecule has 120 valence electrons. The summed E-state index contributed by atoms with van der Waals surface area (Å²) < 4.78 is 13.8. The molecule has 2 aromatic heterocycles. The molecular weight excluding hydrogens is 297 g/mol. The Morgan fingerprint density at radius 1 is 1.22 bits per heavy atom. The Morgan fingerprint density at radius 3 is 2.52 bits per heavy atom. The van der Waals surface area contributed by atoms with Gasteiger partial charge in [0.15, 0.2) is 0 Å². The lowest BCUT2D eigenvalue weighted by Crippen LogP contribution is -2.45. The van der Waals surface area contributed by atoms with Gasteiger partial charge in [-0.3, -0.25) is 9.78 Å². The van der Waals surface area contributed by atoms with Gasteiger partial charge in [0.2, 0.25) is 5.95 Å². The zero-order valence-corrected chi connectivity index (χ0v) is 12.9.